The number of rotatable bonds is 7. The van der Waals surface area contributed by atoms with Crippen LogP contribution in [0.1, 0.15) is 0 Å². The fourth-order valence-corrected chi connectivity index (χ4v) is 14.6. The molecule has 0 radical (unpaired) electrons. The van der Waals surface area contributed by atoms with Gasteiger partial charge in [-0.25, -0.2) is 0 Å². The van der Waals surface area contributed by atoms with Gasteiger partial charge in [-0.1, -0.05) is 249 Å². The maximum atomic E-state index is 7.66. The van der Waals surface area contributed by atoms with E-state index in [1.165, 1.54) is 65.2 Å². The van der Waals surface area contributed by atoms with Gasteiger partial charge < -0.3 is 18.8 Å². The number of benzene rings is 14. The predicted molar refractivity (Wildman–Crippen MR) is 358 cm³/mol. The monoisotopic (exact) mass is 1080 g/mol. The van der Waals surface area contributed by atoms with Crippen LogP contribution in [-0.2, 0) is 0 Å². The first-order chi connectivity index (χ1) is 42.2. The number of anilines is 3. The molecular formula is C80H50BN3O. The van der Waals surface area contributed by atoms with Crippen molar-refractivity contribution in [3.63, 3.8) is 0 Å². The number of fused-ring (bicyclic) bond motifs is 12. The average Bonchev–Trinajstić information content (AvgIpc) is 1.29. The molecular weight excluding hydrogens is 1030 g/mol. The van der Waals surface area contributed by atoms with Gasteiger partial charge in [-0.3, -0.25) is 0 Å². The lowest BCUT2D eigenvalue weighted by Crippen LogP contribution is -2.59. The topological polar surface area (TPSA) is 22.3 Å². The lowest BCUT2D eigenvalue weighted by Gasteiger charge is -2.42. The molecule has 0 saturated carbocycles. The van der Waals surface area contributed by atoms with Crippen molar-refractivity contribution >= 4 is 105 Å². The van der Waals surface area contributed by atoms with Gasteiger partial charge in [0.25, 0.3) is 6.71 Å². The summed E-state index contributed by atoms with van der Waals surface area (Å²) in [5, 5.41) is 9.72. The number of hydrogen-bond acceptors (Lipinski definition) is 2. The molecule has 0 bridgehead atoms. The lowest BCUT2D eigenvalue weighted by molar-refractivity contribution is 0.487. The zero-order valence-corrected chi connectivity index (χ0v) is 46.2. The highest BCUT2D eigenvalue weighted by Crippen LogP contribution is 2.52. The van der Waals surface area contributed by atoms with Crippen molar-refractivity contribution in [2.45, 2.75) is 0 Å². The summed E-state index contributed by atoms with van der Waals surface area (Å²) < 4.78 is 12.5. The van der Waals surface area contributed by atoms with E-state index in [4.69, 9.17) is 4.74 Å². The van der Waals surface area contributed by atoms with Crippen LogP contribution in [0.3, 0.4) is 0 Å². The maximum absolute atomic E-state index is 7.66. The largest absolute Gasteiger partial charge is 0.458 e. The molecule has 14 aromatic carbocycles. The minimum atomic E-state index is -0.202. The van der Waals surface area contributed by atoms with Crippen LogP contribution in [-0.4, -0.2) is 15.8 Å². The average molecular weight is 1080 g/mol. The SMILES string of the molecule is c1ccc(-c2cccc(-c3ccccc3)c2N2c3cc(-c4c5ccccc5c(-c5ccccc5)c5ccccc45)ccc3B3c4ccc(-n5c6ccccc6c6ccccc65)cc4Oc4cc(-n5c6ccccc6c6ccccc65)cc2c43)cc1. The van der Waals surface area contributed by atoms with Crippen molar-refractivity contribution in [2.24, 2.45) is 0 Å². The fourth-order valence-electron chi connectivity index (χ4n) is 14.6. The number of nitrogens with zero attached hydrogens (tertiary/aromatic N) is 3. The molecule has 16 aromatic rings. The van der Waals surface area contributed by atoms with E-state index in [9.17, 15) is 0 Å². The maximum Gasteiger partial charge on any atom is 0.256 e. The molecule has 18 rings (SSSR count). The summed E-state index contributed by atoms with van der Waals surface area (Å²) in [6.07, 6.45) is 0. The highest BCUT2D eigenvalue weighted by Gasteiger charge is 2.44. The predicted octanol–water partition coefficient (Wildman–Crippen LogP) is 19.3. The minimum Gasteiger partial charge on any atom is -0.458 e. The molecule has 0 N–H and O–H groups in total. The van der Waals surface area contributed by atoms with Gasteiger partial charge in [-0.15, -0.1) is 0 Å². The first-order valence-electron chi connectivity index (χ1n) is 29.4. The lowest BCUT2D eigenvalue weighted by atomic mass is 9.34. The summed E-state index contributed by atoms with van der Waals surface area (Å²) in [6, 6.07) is 112. The van der Waals surface area contributed by atoms with Crippen LogP contribution in [0, 0.1) is 0 Å². The van der Waals surface area contributed by atoms with Gasteiger partial charge >= 0.3 is 0 Å². The number of aromatic nitrogens is 2. The van der Waals surface area contributed by atoms with Crippen LogP contribution in [0.5, 0.6) is 11.5 Å². The molecule has 0 spiro atoms. The number of hydrogen-bond donors (Lipinski definition) is 0. The zero-order chi connectivity index (χ0) is 55.7. The first kappa shape index (κ1) is 47.5. The van der Waals surface area contributed by atoms with Crippen molar-refractivity contribution in [3.8, 4) is 67.4 Å². The molecule has 2 aliphatic heterocycles. The van der Waals surface area contributed by atoms with Gasteiger partial charge in [0.2, 0.25) is 0 Å². The Labute approximate surface area is 492 Å². The second kappa shape index (κ2) is 18.7. The van der Waals surface area contributed by atoms with Gasteiger partial charge in [0.15, 0.2) is 0 Å². The summed E-state index contributed by atoms with van der Waals surface area (Å²) in [5.41, 5.74) is 22.7. The molecule has 85 heavy (non-hydrogen) atoms. The Hall–Kier alpha value is -11.1. The van der Waals surface area contributed by atoms with Crippen LogP contribution < -0.4 is 26.0 Å². The zero-order valence-electron chi connectivity index (χ0n) is 46.2. The summed E-state index contributed by atoms with van der Waals surface area (Å²) in [6.45, 7) is -0.202. The van der Waals surface area contributed by atoms with Crippen LogP contribution in [0.4, 0.5) is 17.1 Å². The molecule has 0 aliphatic carbocycles. The molecule has 2 aromatic heterocycles. The van der Waals surface area contributed by atoms with Gasteiger partial charge in [0.05, 0.1) is 33.4 Å². The van der Waals surface area contributed by atoms with E-state index < -0.39 is 0 Å². The Bertz CT molecular complexity index is 5190. The third-order valence-corrected chi connectivity index (χ3v) is 18.1. The molecule has 0 unspecified atom stereocenters. The Morgan fingerprint density at radius 3 is 1.19 bits per heavy atom. The van der Waals surface area contributed by atoms with E-state index in [2.05, 4.69) is 317 Å². The van der Waals surface area contributed by atoms with Crippen LogP contribution >= 0.6 is 0 Å². The van der Waals surface area contributed by atoms with E-state index in [0.29, 0.717) is 0 Å². The Kier molecular flexibility index (Phi) is 10.4. The van der Waals surface area contributed by atoms with Gasteiger partial charge in [-0.2, -0.15) is 0 Å². The van der Waals surface area contributed by atoms with E-state index >= 15 is 0 Å². The van der Waals surface area contributed by atoms with E-state index in [0.717, 1.165) is 101 Å². The molecule has 2 aliphatic rings. The summed E-state index contributed by atoms with van der Waals surface area (Å²) >= 11 is 0. The minimum absolute atomic E-state index is 0.202. The van der Waals surface area contributed by atoms with Gasteiger partial charge in [0.1, 0.15) is 11.5 Å². The van der Waals surface area contributed by atoms with E-state index in [-0.39, 0.29) is 6.71 Å². The van der Waals surface area contributed by atoms with E-state index in [1.807, 2.05) is 0 Å². The van der Waals surface area contributed by atoms with Crippen molar-refractivity contribution < 1.29 is 4.74 Å². The van der Waals surface area contributed by atoms with Crippen molar-refractivity contribution in [1.82, 2.24) is 9.13 Å². The normalized spacial score (nSPS) is 12.5. The molecule has 4 heterocycles. The molecule has 0 amide bonds. The molecule has 4 nitrogen and oxygen atoms in total. The third-order valence-electron chi connectivity index (χ3n) is 18.1. The first-order valence-corrected chi connectivity index (χ1v) is 29.4. The quantitative estimate of drug-likeness (QED) is 0.117. The molecule has 0 saturated heterocycles. The van der Waals surface area contributed by atoms with Gasteiger partial charge in [0, 0.05) is 61.9 Å². The van der Waals surface area contributed by atoms with Crippen LogP contribution in [0.15, 0.2) is 303 Å². The number of para-hydroxylation sites is 5. The molecule has 0 fully saturated rings. The third kappa shape index (κ3) is 7.11. The summed E-state index contributed by atoms with van der Waals surface area (Å²) in [4.78, 5) is 2.61. The van der Waals surface area contributed by atoms with E-state index in [1.54, 1.807) is 0 Å². The van der Waals surface area contributed by atoms with Crippen molar-refractivity contribution in [1.29, 1.82) is 0 Å². The molecule has 394 valence electrons. The highest BCUT2D eigenvalue weighted by atomic mass is 16.5. The van der Waals surface area contributed by atoms with Crippen molar-refractivity contribution in [3.05, 3.63) is 303 Å². The Morgan fingerprint density at radius 1 is 0.271 bits per heavy atom. The number of ether oxygens (including phenoxy) is 1. The van der Waals surface area contributed by atoms with Crippen LogP contribution in [0.2, 0.25) is 0 Å². The van der Waals surface area contributed by atoms with Crippen LogP contribution in [0.25, 0.3) is 121 Å². The highest BCUT2D eigenvalue weighted by molar-refractivity contribution is 6.99. The van der Waals surface area contributed by atoms with Gasteiger partial charge in [-0.05, 0) is 114 Å². The Morgan fingerprint density at radius 2 is 0.682 bits per heavy atom. The fraction of sp³-hybridized carbons (Fsp3) is 0. The second-order valence-electron chi connectivity index (χ2n) is 22.6. The standard InChI is InChI=1S/C80H50BN3O/c1-4-23-51(24-5-1)57-37-22-38-58(52-25-6-2-7-26-52)80(57)84-73-47-54(78-65-35-12-10-33-63(65)77(53-27-8-3-9-28-53)64-34-11-13-36-66(64)78)43-45-67(73)81-68-46-44-55(82-69-39-18-14-29-59(69)60-30-15-19-40-70(60)82)49-75(68)85-76-50-56(48-74(84)79(76)81)83-71-41-20-16-31-61(71)62-32-17-21-42-72(62)83/h1-50H. The Balaban J connectivity index is 0.976. The van der Waals surface area contributed by atoms with Crippen molar-refractivity contribution in [2.75, 3.05) is 4.90 Å². The molecule has 5 heteroatoms. The summed E-state index contributed by atoms with van der Waals surface area (Å²) in [5.74, 6) is 1.67. The summed E-state index contributed by atoms with van der Waals surface area (Å²) in [7, 11) is 0. The second-order valence-corrected chi connectivity index (χ2v) is 22.6. The smallest absolute Gasteiger partial charge is 0.256 e. The molecule has 0 atom stereocenters.